The van der Waals surface area contributed by atoms with Gasteiger partial charge in [-0.25, -0.2) is 13.6 Å². The van der Waals surface area contributed by atoms with Crippen LogP contribution in [-0.4, -0.2) is 20.3 Å². The van der Waals surface area contributed by atoms with E-state index < -0.39 is 15.4 Å². The van der Waals surface area contributed by atoms with Crippen molar-refractivity contribution in [3.8, 4) is 0 Å². The van der Waals surface area contributed by atoms with Gasteiger partial charge in [-0.1, -0.05) is 12.2 Å². The van der Waals surface area contributed by atoms with Gasteiger partial charge in [-0.3, -0.25) is 5.32 Å². The summed E-state index contributed by atoms with van der Waals surface area (Å²) >= 11 is 0. The predicted octanol–water partition coefficient (Wildman–Crippen LogP) is -0.849. The molecule has 1 heterocycles. The van der Waals surface area contributed by atoms with Crippen molar-refractivity contribution < 1.29 is 8.42 Å². The molecule has 58 valence electrons. The van der Waals surface area contributed by atoms with Gasteiger partial charge < -0.3 is 0 Å². The lowest BCUT2D eigenvalue weighted by Crippen LogP contribution is -2.42. The Morgan fingerprint density at radius 1 is 1.50 bits per heavy atom. The fraction of sp³-hybridized carbons (Fsp3) is 0.600. The number of hydrogen-bond acceptors (Lipinski definition) is 3. The molecule has 0 aliphatic carbocycles. The minimum Gasteiger partial charge on any atom is -0.296 e. The molecule has 1 atom stereocenters. The molecular formula is C5H10N2O2S. The van der Waals surface area contributed by atoms with Crippen LogP contribution < -0.4 is 10.5 Å². The summed E-state index contributed by atoms with van der Waals surface area (Å²) in [7, 11) is -3.39. The van der Waals surface area contributed by atoms with Gasteiger partial charge in [0.1, 0.15) is 5.37 Å². The molecule has 0 saturated carbocycles. The van der Waals surface area contributed by atoms with Crippen LogP contribution >= 0.6 is 0 Å². The number of hydrogen-bond donors (Lipinski definition) is 2. The molecule has 1 unspecified atom stereocenters. The maximum atomic E-state index is 10.7. The summed E-state index contributed by atoms with van der Waals surface area (Å²) in [5.74, 6) is 0. The second kappa shape index (κ2) is 2.69. The van der Waals surface area contributed by atoms with Crippen LogP contribution in [0.15, 0.2) is 12.2 Å². The zero-order valence-electron chi connectivity index (χ0n) is 5.45. The van der Waals surface area contributed by atoms with Crippen LogP contribution in [0.4, 0.5) is 0 Å². The van der Waals surface area contributed by atoms with Crippen LogP contribution in [0, 0.1) is 0 Å². The third-order valence-corrected chi connectivity index (χ3v) is 2.53. The predicted molar refractivity (Wildman–Crippen MR) is 38.7 cm³/mol. The number of nitrogens with two attached hydrogens (primary N) is 1. The Labute approximate surface area is 60.2 Å². The van der Waals surface area contributed by atoms with Gasteiger partial charge in [0.05, 0.1) is 0 Å². The van der Waals surface area contributed by atoms with Crippen LogP contribution in [0.5, 0.6) is 0 Å². The first kappa shape index (κ1) is 7.71. The lowest BCUT2D eigenvalue weighted by Gasteiger charge is -2.16. The molecule has 0 aromatic rings. The SMILES string of the molecule is NS(=O)(=O)C1CC=CCN1. The average molecular weight is 162 g/mol. The van der Waals surface area contributed by atoms with Crippen molar-refractivity contribution in [3.63, 3.8) is 0 Å². The largest absolute Gasteiger partial charge is 0.296 e. The molecule has 0 radical (unpaired) electrons. The Hall–Kier alpha value is -0.390. The van der Waals surface area contributed by atoms with Gasteiger partial charge in [0, 0.05) is 6.54 Å². The van der Waals surface area contributed by atoms with Crippen LogP contribution in [-0.2, 0) is 10.0 Å². The number of nitrogens with one attached hydrogen (secondary N) is 1. The minimum absolute atomic E-state index is 0.471. The van der Waals surface area contributed by atoms with E-state index >= 15 is 0 Å². The molecule has 10 heavy (non-hydrogen) atoms. The van der Waals surface area contributed by atoms with E-state index in [2.05, 4.69) is 5.32 Å². The fourth-order valence-corrected chi connectivity index (χ4v) is 1.54. The lowest BCUT2D eigenvalue weighted by molar-refractivity contribution is 0.554. The first-order valence-electron chi connectivity index (χ1n) is 3.01. The maximum absolute atomic E-state index is 10.7. The standard InChI is InChI=1S/C5H10N2O2S/c6-10(8,9)5-3-1-2-4-7-5/h1-2,5,7H,3-4H2,(H2,6,8,9). The molecule has 0 saturated heterocycles. The topological polar surface area (TPSA) is 72.2 Å². The highest BCUT2D eigenvalue weighted by Crippen LogP contribution is 2.02. The molecule has 0 spiro atoms. The molecule has 0 fully saturated rings. The zero-order chi connectivity index (χ0) is 7.61. The second-order valence-corrected chi connectivity index (χ2v) is 3.94. The quantitative estimate of drug-likeness (QED) is 0.493. The molecule has 4 nitrogen and oxygen atoms in total. The van der Waals surface area contributed by atoms with Crippen LogP contribution in [0.1, 0.15) is 6.42 Å². The van der Waals surface area contributed by atoms with Gasteiger partial charge in [0.2, 0.25) is 10.0 Å². The summed E-state index contributed by atoms with van der Waals surface area (Å²) in [6.45, 7) is 0.584. The van der Waals surface area contributed by atoms with E-state index in [1.807, 2.05) is 12.2 Å². The van der Waals surface area contributed by atoms with E-state index in [0.717, 1.165) is 0 Å². The van der Waals surface area contributed by atoms with Crippen molar-refractivity contribution in [2.24, 2.45) is 5.14 Å². The van der Waals surface area contributed by atoms with Gasteiger partial charge in [0.25, 0.3) is 0 Å². The third-order valence-electron chi connectivity index (χ3n) is 1.38. The molecule has 0 aromatic heterocycles. The second-order valence-electron chi connectivity index (χ2n) is 2.19. The summed E-state index contributed by atoms with van der Waals surface area (Å²) in [6, 6.07) is 0. The van der Waals surface area contributed by atoms with Gasteiger partial charge in [-0.2, -0.15) is 0 Å². The van der Waals surface area contributed by atoms with E-state index in [4.69, 9.17) is 5.14 Å². The Morgan fingerprint density at radius 3 is 2.50 bits per heavy atom. The Morgan fingerprint density at radius 2 is 2.20 bits per heavy atom. The monoisotopic (exact) mass is 162 g/mol. The van der Waals surface area contributed by atoms with Gasteiger partial charge >= 0.3 is 0 Å². The summed E-state index contributed by atoms with van der Waals surface area (Å²) in [6.07, 6.45) is 4.16. The van der Waals surface area contributed by atoms with E-state index in [0.29, 0.717) is 13.0 Å². The zero-order valence-corrected chi connectivity index (χ0v) is 6.26. The highest BCUT2D eigenvalue weighted by Gasteiger charge is 2.19. The fourth-order valence-electron chi connectivity index (χ4n) is 0.836. The van der Waals surface area contributed by atoms with Crippen molar-refractivity contribution in [2.45, 2.75) is 11.8 Å². The van der Waals surface area contributed by atoms with E-state index in [1.54, 1.807) is 0 Å². The summed E-state index contributed by atoms with van der Waals surface area (Å²) in [5.41, 5.74) is 0. The molecule has 1 aliphatic heterocycles. The van der Waals surface area contributed by atoms with Gasteiger partial charge in [-0.05, 0) is 6.42 Å². The normalized spacial score (nSPS) is 26.7. The number of sulfonamides is 1. The molecule has 1 rings (SSSR count). The first-order valence-corrected chi connectivity index (χ1v) is 4.61. The maximum Gasteiger partial charge on any atom is 0.225 e. The Kier molecular flexibility index (Phi) is 2.08. The summed E-state index contributed by atoms with van der Waals surface area (Å²) < 4.78 is 21.3. The molecule has 5 heteroatoms. The average Bonchev–Trinajstić information content (AvgIpc) is 1.88. The van der Waals surface area contributed by atoms with Crippen LogP contribution in [0.2, 0.25) is 0 Å². The highest BCUT2D eigenvalue weighted by molar-refractivity contribution is 7.89. The van der Waals surface area contributed by atoms with Crippen molar-refractivity contribution in [3.05, 3.63) is 12.2 Å². The van der Waals surface area contributed by atoms with Crippen LogP contribution in [0.3, 0.4) is 0 Å². The van der Waals surface area contributed by atoms with Gasteiger partial charge in [0.15, 0.2) is 0 Å². The summed E-state index contributed by atoms with van der Waals surface area (Å²) in [5, 5.41) is 7.06. The molecule has 0 amide bonds. The van der Waals surface area contributed by atoms with Crippen molar-refractivity contribution in [1.29, 1.82) is 0 Å². The van der Waals surface area contributed by atoms with E-state index in [9.17, 15) is 8.42 Å². The van der Waals surface area contributed by atoms with Crippen LogP contribution in [0.25, 0.3) is 0 Å². The summed E-state index contributed by atoms with van der Waals surface area (Å²) in [4.78, 5) is 0. The lowest BCUT2D eigenvalue weighted by atomic mass is 10.3. The molecule has 0 bridgehead atoms. The first-order chi connectivity index (χ1) is 4.61. The Bertz CT molecular complexity index is 232. The molecule has 0 aromatic carbocycles. The van der Waals surface area contributed by atoms with E-state index in [-0.39, 0.29) is 0 Å². The molecular weight excluding hydrogens is 152 g/mol. The highest BCUT2D eigenvalue weighted by atomic mass is 32.2. The third kappa shape index (κ3) is 1.80. The molecule has 1 aliphatic rings. The smallest absolute Gasteiger partial charge is 0.225 e. The van der Waals surface area contributed by atoms with Crippen molar-refractivity contribution in [1.82, 2.24) is 5.32 Å². The minimum atomic E-state index is -3.39. The van der Waals surface area contributed by atoms with Crippen molar-refractivity contribution >= 4 is 10.0 Å². The molecule has 3 N–H and O–H groups in total. The Balaban J connectivity index is 2.67. The van der Waals surface area contributed by atoms with E-state index in [1.165, 1.54) is 0 Å². The number of primary sulfonamides is 1. The van der Waals surface area contributed by atoms with Gasteiger partial charge in [-0.15, -0.1) is 0 Å². The number of rotatable bonds is 1. The van der Waals surface area contributed by atoms with Crippen molar-refractivity contribution in [2.75, 3.05) is 6.54 Å².